The molecule has 4 rings (SSSR count). The highest BCUT2D eigenvalue weighted by Gasteiger charge is 2.43. The van der Waals surface area contributed by atoms with E-state index in [2.05, 4.69) is 0 Å². The van der Waals surface area contributed by atoms with Gasteiger partial charge in [0.05, 0.1) is 18.7 Å². The minimum absolute atomic E-state index is 0.0499. The molecule has 160 valence electrons. The zero-order valence-electron chi connectivity index (χ0n) is 17.9. The van der Waals surface area contributed by atoms with Crippen LogP contribution < -0.4 is 9.64 Å². The molecule has 0 bridgehead atoms. The topological polar surface area (TPSA) is 66.8 Å². The van der Waals surface area contributed by atoms with Gasteiger partial charge >= 0.3 is 0 Å². The number of aliphatic hydroxyl groups excluding tert-OH is 1. The molecule has 5 heteroatoms. The highest BCUT2D eigenvalue weighted by Crippen LogP contribution is 2.41. The molecule has 1 aliphatic heterocycles. The minimum Gasteiger partial charge on any atom is -0.503 e. The molecule has 1 amide bonds. The molecule has 0 radical (unpaired) electrons. The van der Waals surface area contributed by atoms with E-state index in [1.807, 2.05) is 55.5 Å². The Morgan fingerprint density at radius 3 is 2.38 bits per heavy atom. The Bertz CT molecular complexity index is 1210. The number of anilines is 1. The van der Waals surface area contributed by atoms with Crippen LogP contribution in [0.5, 0.6) is 5.75 Å². The number of benzene rings is 3. The van der Waals surface area contributed by atoms with Gasteiger partial charge in [0.1, 0.15) is 5.75 Å². The number of ether oxygens (including phenoxy) is 1. The highest BCUT2D eigenvalue weighted by molar-refractivity contribution is 6.19. The summed E-state index contributed by atoms with van der Waals surface area (Å²) in [4.78, 5) is 27.8. The second-order valence-electron chi connectivity index (χ2n) is 7.56. The van der Waals surface area contributed by atoms with Crippen LogP contribution in [0.25, 0.3) is 6.08 Å². The van der Waals surface area contributed by atoms with E-state index in [1.165, 1.54) is 11.0 Å². The first-order valence-electron chi connectivity index (χ1n) is 10.2. The van der Waals surface area contributed by atoms with Crippen LogP contribution in [-0.4, -0.2) is 23.9 Å². The summed E-state index contributed by atoms with van der Waals surface area (Å²) in [5, 5.41) is 10.8. The number of amides is 1. The van der Waals surface area contributed by atoms with Gasteiger partial charge in [0.25, 0.3) is 5.91 Å². The molecule has 1 heterocycles. The number of hydrogen-bond donors (Lipinski definition) is 1. The van der Waals surface area contributed by atoms with Gasteiger partial charge in [-0.2, -0.15) is 0 Å². The van der Waals surface area contributed by atoms with Crippen molar-refractivity contribution in [2.75, 3.05) is 12.0 Å². The Kier molecular flexibility index (Phi) is 5.90. The molecule has 1 N–H and O–H groups in total. The molecule has 0 spiro atoms. The molecule has 0 saturated carbocycles. The first-order chi connectivity index (χ1) is 15.5. The van der Waals surface area contributed by atoms with Crippen LogP contribution in [0.2, 0.25) is 0 Å². The van der Waals surface area contributed by atoms with Gasteiger partial charge in [0.15, 0.2) is 11.5 Å². The fourth-order valence-corrected chi connectivity index (χ4v) is 3.83. The molecule has 1 atom stereocenters. The van der Waals surface area contributed by atoms with E-state index in [-0.39, 0.29) is 5.57 Å². The molecular formula is C27H23NO4. The van der Waals surface area contributed by atoms with Gasteiger partial charge in [-0.3, -0.25) is 14.5 Å². The van der Waals surface area contributed by atoms with Crippen molar-refractivity contribution in [3.63, 3.8) is 0 Å². The van der Waals surface area contributed by atoms with Gasteiger partial charge < -0.3 is 9.84 Å². The number of ketones is 1. The van der Waals surface area contributed by atoms with Crippen molar-refractivity contribution in [1.29, 1.82) is 0 Å². The predicted molar refractivity (Wildman–Crippen MR) is 125 cm³/mol. The van der Waals surface area contributed by atoms with Crippen LogP contribution in [0, 0.1) is 6.92 Å². The number of methoxy groups -OCH3 is 1. The molecule has 1 aliphatic rings. The highest BCUT2D eigenvalue weighted by atomic mass is 16.5. The van der Waals surface area contributed by atoms with Gasteiger partial charge in [-0.1, -0.05) is 60.7 Å². The standard InChI is InChI=1S/C27H23NO4/c1-18-7-6-10-21(17-18)28-25(20-12-14-22(32-2)15-13-20)24(26(30)27(28)31)23(29)16-11-19-8-4-3-5-9-19/h3-17,25,30H,1-2H3/b16-11+. The molecule has 5 nitrogen and oxygen atoms in total. The average molecular weight is 425 g/mol. The van der Waals surface area contributed by atoms with Gasteiger partial charge in [0, 0.05) is 5.69 Å². The van der Waals surface area contributed by atoms with Gasteiger partial charge in [-0.05, 0) is 54.0 Å². The number of rotatable bonds is 6. The molecular weight excluding hydrogens is 402 g/mol. The summed E-state index contributed by atoms with van der Waals surface area (Å²) in [6.07, 6.45) is 3.07. The van der Waals surface area contributed by atoms with Crippen LogP contribution in [0.1, 0.15) is 22.7 Å². The lowest BCUT2D eigenvalue weighted by molar-refractivity contribution is -0.117. The average Bonchev–Trinajstić information content (AvgIpc) is 3.09. The van der Waals surface area contributed by atoms with Crippen molar-refractivity contribution in [3.05, 3.63) is 113 Å². The van der Waals surface area contributed by atoms with E-state index >= 15 is 0 Å². The first kappa shape index (κ1) is 21.1. The molecule has 32 heavy (non-hydrogen) atoms. The molecule has 1 unspecified atom stereocenters. The lowest BCUT2D eigenvalue weighted by atomic mass is 9.95. The number of hydrogen-bond acceptors (Lipinski definition) is 4. The zero-order valence-corrected chi connectivity index (χ0v) is 17.9. The normalized spacial score (nSPS) is 16.1. The number of carbonyl (C=O) groups excluding carboxylic acids is 2. The van der Waals surface area contributed by atoms with Crippen LogP contribution in [-0.2, 0) is 9.59 Å². The Hall–Kier alpha value is -4.12. The largest absolute Gasteiger partial charge is 0.503 e. The first-order valence-corrected chi connectivity index (χ1v) is 10.2. The summed E-state index contributed by atoms with van der Waals surface area (Å²) < 4.78 is 5.24. The van der Waals surface area contributed by atoms with Gasteiger partial charge in [-0.15, -0.1) is 0 Å². The van der Waals surface area contributed by atoms with E-state index in [0.29, 0.717) is 17.0 Å². The van der Waals surface area contributed by atoms with E-state index in [0.717, 1.165) is 11.1 Å². The SMILES string of the molecule is COc1ccc(C2C(C(=O)/C=C/c3ccccc3)=C(O)C(=O)N2c2cccc(C)c2)cc1. The maximum atomic E-state index is 13.2. The van der Waals surface area contributed by atoms with Crippen LogP contribution in [0.4, 0.5) is 5.69 Å². The quantitative estimate of drug-likeness (QED) is 0.552. The second-order valence-corrected chi connectivity index (χ2v) is 7.56. The molecule has 3 aromatic carbocycles. The third-order valence-electron chi connectivity index (χ3n) is 5.41. The Morgan fingerprint density at radius 1 is 1.00 bits per heavy atom. The number of allylic oxidation sites excluding steroid dienone is 1. The lowest BCUT2D eigenvalue weighted by Crippen LogP contribution is -2.30. The molecule has 3 aromatic rings. The number of nitrogens with zero attached hydrogens (tertiary/aromatic N) is 1. The molecule has 0 aromatic heterocycles. The monoisotopic (exact) mass is 425 g/mol. The van der Waals surface area contributed by atoms with Crippen LogP contribution >= 0.6 is 0 Å². The maximum Gasteiger partial charge on any atom is 0.294 e. The van der Waals surface area contributed by atoms with Crippen molar-refractivity contribution < 1.29 is 19.4 Å². The number of aliphatic hydroxyl groups is 1. The lowest BCUT2D eigenvalue weighted by Gasteiger charge is -2.27. The number of carbonyl (C=O) groups is 2. The van der Waals surface area contributed by atoms with Gasteiger partial charge in [0.2, 0.25) is 0 Å². The fourth-order valence-electron chi connectivity index (χ4n) is 3.83. The maximum absolute atomic E-state index is 13.2. The summed E-state index contributed by atoms with van der Waals surface area (Å²) in [7, 11) is 1.57. The number of aryl methyl sites for hydroxylation is 1. The smallest absolute Gasteiger partial charge is 0.294 e. The second kappa shape index (κ2) is 8.94. The molecule has 0 fully saturated rings. The van der Waals surface area contributed by atoms with Gasteiger partial charge in [-0.25, -0.2) is 0 Å². The summed E-state index contributed by atoms with van der Waals surface area (Å²) >= 11 is 0. The van der Waals surface area contributed by atoms with E-state index in [4.69, 9.17) is 4.74 Å². The van der Waals surface area contributed by atoms with E-state index in [9.17, 15) is 14.7 Å². The summed E-state index contributed by atoms with van der Waals surface area (Å²) in [6, 6.07) is 23.2. The van der Waals surface area contributed by atoms with Crippen LogP contribution in [0.3, 0.4) is 0 Å². The van der Waals surface area contributed by atoms with Crippen molar-refractivity contribution >= 4 is 23.5 Å². The zero-order chi connectivity index (χ0) is 22.7. The fraction of sp³-hybridized carbons (Fsp3) is 0.111. The summed E-state index contributed by atoms with van der Waals surface area (Å²) in [5.74, 6) is -0.899. The molecule has 0 saturated heterocycles. The Balaban J connectivity index is 1.79. The van der Waals surface area contributed by atoms with Crippen molar-refractivity contribution in [2.24, 2.45) is 0 Å². The summed E-state index contributed by atoms with van der Waals surface area (Å²) in [6.45, 7) is 1.92. The predicted octanol–water partition coefficient (Wildman–Crippen LogP) is 5.19. The van der Waals surface area contributed by atoms with Crippen LogP contribution in [0.15, 0.2) is 96.3 Å². The van der Waals surface area contributed by atoms with E-state index < -0.39 is 23.5 Å². The van der Waals surface area contributed by atoms with Crippen molar-refractivity contribution in [1.82, 2.24) is 0 Å². The third-order valence-corrected chi connectivity index (χ3v) is 5.41. The Labute approximate surface area is 186 Å². The Morgan fingerprint density at radius 2 is 1.72 bits per heavy atom. The third kappa shape index (κ3) is 4.05. The molecule has 0 aliphatic carbocycles. The minimum atomic E-state index is -0.761. The van der Waals surface area contributed by atoms with Crippen molar-refractivity contribution in [3.8, 4) is 5.75 Å². The summed E-state index contributed by atoms with van der Waals surface area (Å²) in [5.41, 5.74) is 3.17. The van der Waals surface area contributed by atoms with E-state index in [1.54, 1.807) is 43.5 Å². The van der Waals surface area contributed by atoms with Crippen molar-refractivity contribution in [2.45, 2.75) is 13.0 Å².